The minimum absolute atomic E-state index is 0.104. The molecule has 1 aliphatic rings. The van der Waals surface area contributed by atoms with E-state index in [2.05, 4.69) is 12.2 Å². The van der Waals surface area contributed by atoms with E-state index in [-0.39, 0.29) is 6.04 Å². The van der Waals surface area contributed by atoms with Crippen LogP contribution in [0.2, 0.25) is 0 Å². The van der Waals surface area contributed by atoms with E-state index >= 15 is 0 Å². The molecule has 1 aliphatic carbocycles. The number of hydrogen-bond donors (Lipinski definition) is 3. The highest BCUT2D eigenvalue weighted by molar-refractivity contribution is 5.34. The number of para-hydroxylation sites is 1. The first-order valence-corrected chi connectivity index (χ1v) is 7.38. The molecule has 0 amide bonds. The summed E-state index contributed by atoms with van der Waals surface area (Å²) in [6.45, 7) is 2.70. The molecular weight excluding hydrogens is 238 g/mol. The fraction of sp³-hybridized carbons (Fsp3) is 0.625. The van der Waals surface area contributed by atoms with E-state index in [4.69, 9.17) is 0 Å². The zero-order valence-corrected chi connectivity index (χ0v) is 11.7. The molecule has 106 valence electrons. The molecule has 0 radical (unpaired) electrons. The molecule has 1 aromatic rings. The standard InChI is InChI=1S/C16H25NO2/c1-2-14(13-8-4-5-9-15(13)18)17-12-16(19)10-6-3-7-11-16/h4-5,8-9,14,17-19H,2-3,6-7,10-12H2,1H3. The van der Waals surface area contributed by atoms with Crippen molar-refractivity contribution >= 4 is 0 Å². The third-order valence-corrected chi connectivity index (χ3v) is 4.18. The smallest absolute Gasteiger partial charge is 0.120 e. The average Bonchev–Trinajstić information content (AvgIpc) is 2.42. The molecule has 1 atom stereocenters. The highest BCUT2D eigenvalue weighted by Crippen LogP contribution is 2.30. The van der Waals surface area contributed by atoms with Crippen LogP contribution in [0.5, 0.6) is 5.75 Å². The SMILES string of the molecule is CCC(NCC1(O)CCCCC1)c1ccccc1O. The lowest BCUT2D eigenvalue weighted by molar-refractivity contribution is 0.00242. The second-order valence-electron chi connectivity index (χ2n) is 5.69. The molecule has 0 heterocycles. The number of aliphatic hydroxyl groups is 1. The zero-order valence-electron chi connectivity index (χ0n) is 11.7. The Balaban J connectivity index is 1.98. The summed E-state index contributed by atoms with van der Waals surface area (Å²) in [6, 6.07) is 7.54. The molecule has 3 N–H and O–H groups in total. The lowest BCUT2D eigenvalue weighted by atomic mass is 9.84. The fourth-order valence-electron chi connectivity index (χ4n) is 2.96. The maximum atomic E-state index is 10.5. The molecule has 0 aliphatic heterocycles. The predicted molar refractivity (Wildman–Crippen MR) is 77.2 cm³/mol. The Kier molecular flexibility index (Phi) is 4.83. The van der Waals surface area contributed by atoms with Crippen LogP contribution in [0, 0.1) is 0 Å². The van der Waals surface area contributed by atoms with E-state index in [1.54, 1.807) is 6.07 Å². The van der Waals surface area contributed by atoms with Gasteiger partial charge in [-0.2, -0.15) is 0 Å². The lowest BCUT2D eigenvalue weighted by Gasteiger charge is -2.34. The van der Waals surface area contributed by atoms with Gasteiger partial charge in [0.25, 0.3) is 0 Å². The Bertz CT molecular complexity index is 399. The lowest BCUT2D eigenvalue weighted by Crippen LogP contribution is -2.43. The van der Waals surface area contributed by atoms with Crippen molar-refractivity contribution in [2.75, 3.05) is 6.54 Å². The second-order valence-corrected chi connectivity index (χ2v) is 5.69. The Morgan fingerprint density at radius 1 is 1.21 bits per heavy atom. The van der Waals surface area contributed by atoms with Crippen molar-refractivity contribution in [1.29, 1.82) is 0 Å². The van der Waals surface area contributed by atoms with Crippen molar-refractivity contribution in [3.05, 3.63) is 29.8 Å². The Morgan fingerprint density at radius 3 is 2.53 bits per heavy atom. The molecule has 0 aromatic heterocycles. The monoisotopic (exact) mass is 263 g/mol. The van der Waals surface area contributed by atoms with Crippen molar-refractivity contribution in [1.82, 2.24) is 5.32 Å². The summed E-state index contributed by atoms with van der Waals surface area (Å²) in [5.74, 6) is 0.331. The van der Waals surface area contributed by atoms with Crippen LogP contribution >= 0.6 is 0 Å². The maximum absolute atomic E-state index is 10.5. The van der Waals surface area contributed by atoms with Crippen LogP contribution in [0.3, 0.4) is 0 Å². The van der Waals surface area contributed by atoms with E-state index in [0.29, 0.717) is 12.3 Å². The van der Waals surface area contributed by atoms with E-state index in [1.807, 2.05) is 18.2 Å². The molecule has 1 fully saturated rings. The first kappa shape index (κ1) is 14.4. The third-order valence-electron chi connectivity index (χ3n) is 4.18. The van der Waals surface area contributed by atoms with Crippen LogP contribution in [-0.4, -0.2) is 22.4 Å². The van der Waals surface area contributed by atoms with E-state index in [1.165, 1.54) is 6.42 Å². The highest BCUT2D eigenvalue weighted by atomic mass is 16.3. The van der Waals surface area contributed by atoms with Crippen LogP contribution in [0.25, 0.3) is 0 Å². The van der Waals surface area contributed by atoms with Gasteiger partial charge >= 0.3 is 0 Å². The van der Waals surface area contributed by atoms with Crippen LogP contribution in [0.15, 0.2) is 24.3 Å². The minimum Gasteiger partial charge on any atom is -0.508 e. The van der Waals surface area contributed by atoms with Gasteiger partial charge in [-0.1, -0.05) is 44.4 Å². The van der Waals surface area contributed by atoms with Gasteiger partial charge < -0.3 is 15.5 Å². The molecular formula is C16H25NO2. The van der Waals surface area contributed by atoms with Crippen molar-refractivity contribution in [3.63, 3.8) is 0 Å². The highest BCUT2D eigenvalue weighted by Gasteiger charge is 2.29. The van der Waals surface area contributed by atoms with Crippen LogP contribution in [0.1, 0.15) is 57.1 Å². The molecule has 3 heteroatoms. The van der Waals surface area contributed by atoms with Crippen molar-refractivity contribution in [3.8, 4) is 5.75 Å². The quantitative estimate of drug-likeness (QED) is 0.765. The number of benzene rings is 1. The first-order chi connectivity index (χ1) is 9.14. The number of aromatic hydroxyl groups is 1. The average molecular weight is 263 g/mol. The van der Waals surface area contributed by atoms with Crippen molar-refractivity contribution in [2.45, 2.75) is 57.1 Å². The molecule has 1 saturated carbocycles. The summed E-state index contributed by atoms with van der Waals surface area (Å²) in [7, 11) is 0. The van der Waals surface area contributed by atoms with Crippen LogP contribution < -0.4 is 5.32 Å². The second kappa shape index (κ2) is 6.40. The normalized spacial score (nSPS) is 20.1. The first-order valence-electron chi connectivity index (χ1n) is 7.38. The summed E-state index contributed by atoms with van der Waals surface area (Å²) < 4.78 is 0. The maximum Gasteiger partial charge on any atom is 0.120 e. The number of phenolic OH excluding ortho intramolecular Hbond substituents is 1. The summed E-state index contributed by atoms with van der Waals surface area (Å²) in [4.78, 5) is 0. The summed E-state index contributed by atoms with van der Waals surface area (Å²) in [5, 5.41) is 23.8. The topological polar surface area (TPSA) is 52.5 Å². The molecule has 1 unspecified atom stereocenters. The fourth-order valence-corrected chi connectivity index (χ4v) is 2.96. The number of nitrogens with one attached hydrogen (secondary N) is 1. The van der Waals surface area contributed by atoms with E-state index in [9.17, 15) is 10.2 Å². The summed E-state index contributed by atoms with van der Waals surface area (Å²) in [5.41, 5.74) is 0.361. The van der Waals surface area contributed by atoms with Gasteiger partial charge in [0.15, 0.2) is 0 Å². The molecule has 19 heavy (non-hydrogen) atoms. The molecule has 0 saturated heterocycles. The third kappa shape index (κ3) is 3.71. The molecule has 1 aromatic carbocycles. The van der Waals surface area contributed by atoms with E-state index in [0.717, 1.165) is 37.7 Å². The molecule has 0 spiro atoms. The van der Waals surface area contributed by atoms with Crippen LogP contribution in [-0.2, 0) is 0 Å². The predicted octanol–water partition coefficient (Wildman–Crippen LogP) is 3.13. The number of rotatable bonds is 5. The Labute approximate surface area is 115 Å². The van der Waals surface area contributed by atoms with Gasteiger partial charge in [0.1, 0.15) is 5.75 Å². The number of hydrogen-bond acceptors (Lipinski definition) is 3. The van der Waals surface area contributed by atoms with Crippen molar-refractivity contribution in [2.24, 2.45) is 0 Å². The molecule has 2 rings (SSSR count). The van der Waals surface area contributed by atoms with Gasteiger partial charge in [-0.05, 0) is 25.3 Å². The van der Waals surface area contributed by atoms with Crippen molar-refractivity contribution < 1.29 is 10.2 Å². The zero-order chi connectivity index (χ0) is 13.7. The van der Waals surface area contributed by atoms with Gasteiger partial charge in [-0.15, -0.1) is 0 Å². The van der Waals surface area contributed by atoms with Gasteiger partial charge in [0, 0.05) is 18.2 Å². The van der Waals surface area contributed by atoms with Gasteiger partial charge in [0.2, 0.25) is 0 Å². The van der Waals surface area contributed by atoms with Crippen LogP contribution in [0.4, 0.5) is 0 Å². The molecule has 0 bridgehead atoms. The Hall–Kier alpha value is -1.06. The minimum atomic E-state index is -0.559. The van der Waals surface area contributed by atoms with E-state index < -0.39 is 5.60 Å². The van der Waals surface area contributed by atoms with Gasteiger partial charge in [0.05, 0.1) is 5.60 Å². The van der Waals surface area contributed by atoms with Gasteiger partial charge in [-0.25, -0.2) is 0 Å². The summed E-state index contributed by atoms with van der Waals surface area (Å²) >= 11 is 0. The largest absolute Gasteiger partial charge is 0.508 e. The number of phenols is 1. The Morgan fingerprint density at radius 2 is 1.89 bits per heavy atom. The molecule has 3 nitrogen and oxygen atoms in total. The summed E-state index contributed by atoms with van der Waals surface area (Å²) in [6.07, 6.45) is 6.14. The van der Waals surface area contributed by atoms with Gasteiger partial charge in [-0.3, -0.25) is 0 Å².